The third kappa shape index (κ3) is 2.49. The van der Waals surface area contributed by atoms with Gasteiger partial charge in [0.2, 0.25) is 5.91 Å². The van der Waals surface area contributed by atoms with E-state index < -0.39 is 0 Å². The SMILES string of the molecule is O=C1N(CC2CCSCC2)C(c2ccccc2)NC12CC2. The summed E-state index contributed by atoms with van der Waals surface area (Å²) in [6.45, 7) is 0.924. The summed E-state index contributed by atoms with van der Waals surface area (Å²) in [5.74, 6) is 3.52. The Morgan fingerprint density at radius 1 is 1.19 bits per heavy atom. The van der Waals surface area contributed by atoms with Crippen molar-refractivity contribution in [3.8, 4) is 0 Å². The van der Waals surface area contributed by atoms with E-state index in [0.29, 0.717) is 11.8 Å². The van der Waals surface area contributed by atoms with Crippen LogP contribution in [0.5, 0.6) is 0 Å². The van der Waals surface area contributed by atoms with Crippen LogP contribution in [-0.2, 0) is 4.79 Å². The van der Waals surface area contributed by atoms with Crippen LogP contribution in [-0.4, -0.2) is 34.4 Å². The highest BCUT2D eigenvalue weighted by Gasteiger charge is 2.59. The van der Waals surface area contributed by atoms with Gasteiger partial charge in [-0.15, -0.1) is 0 Å². The van der Waals surface area contributed by atoms with Gasteiger partial charge in [0.05, 0.1) is 0 Å². The molecule has 3 fully saturated rings. The third-order valence-electron chi connectivity index (χ3n) is 5.06. The van der Waals surface area contributed by atoms with E-state index in [2.05, 4.69) is 34.5 Å². The zero-order valence-electron chi connectivity index (χ0n) is 12.3. The second kappa shape index (κ2) is 5.33. The van der Waals surface area contributed by atoms with Crippen LogP contribution in [0, 0.1) is 5.92 Å². The predicted molar refractivity (Wildman–Crippen MR) is 86.0 cm³/mol. The van der Waals surface area contributed by atoms with Crippen LogP contribution < -0.4 is 5.32 Å². The van der Waals surface area contributed by atoms with E-state index in [0.717, 1.165) is 19.4 Å². The normalized spacial score (nSPS) is 28.3. The molecule has 1 N–H and O–H groups in total. The van der Waals surface area contributed by atoms with Gasteiger partial charge < -0.3 is 4.90 Å². The monoisotopic (exact) mass is 302 g/mol. The number of hydrogen-bond donors (Lipinski definition) is 1. The van der Waals surface area contributed by atoms with Gasteiger partial charge in [-0.2, -0.15) is 11.8 Å². The Hall–Kier alpha value is -1.00. The molecule has 1 amide bonds. The highest BCUT2D eigenvalue weighted by molar-refractivity contribution is 7.99. The third-order valence-corrected chi connectivity index (χ3v) is 6.10. The molecular formula is C17H22N2OS. The second-order valence-corrected chi connectivity index (χ2v) is 7.78. The molecule has 2 aliphatic heterocycles. The van der Waals surface area contributed by atoms with Gasteiger partial charge in [-0.3, -0.25) is 10.1 Å². The first-order valence-corrected chi connectivity index (χ1v) is 9.15. The number of carbonyl (C=O) groups is 1. The van der Waals surface area contributed by atoms with E-state index in [9.17, 15) is 4.79 Å². The Morgan fingerprint density at radius 3 is 2.57 bits per heavy atom. The molecule has 1 atom stereocenters. The Balaban J connectivity index is 1.57. The number of carbonyl (C=O) groups excluding carboxylic acids is 1. The largest absolute Gasteiger partial charge is 0.321 e. The first-order chi connectivity index (χ1) is 10.3. The Labute approximate surface area is 130 Å². The van der Waals surface area contributed by atoms with Crippen molar-refractivity contribution < 1.29 is 4.79 Å². The van der Waals surface area contributed by atoms with Crippen LogP contribution in [0.25, 0.3) is 0 Å². The number of benzene rings is 1. The molecule has 0 bridgehead atoms. The molecule has 3 aliphatic rings. The number of amides is 1. The van der Waals surface area contributed by atoms with E-state index in [4.69, 9.17) is 0 Å². The van der Waals surface area contributed by atoms with E-state index in [-0.39, 0.29) is 11.7 Å². The fourth-order valence-electron chi connectivity index (χ4n) is 3.57. The summed E-state index contributed by atoms with van der Waals surface area (Å²) < 4.78 is 0. The molecule has 4 rings (SSSR count). The lowest BCUT2D eigenvalue weighted by atomic mass is 10.0. The topological polar surface area (TPSA) is 32.3 Å². The Morgan fingerprint density at radius 2 is 1.90 bits per heavy atom. The van der Waals surface area contributed by atoms with Crippen LogP contribution in [0.3, 0.4) is 0 Å². The molecule has 1 aliphatic carbocycles. The van der Waals surface area contributed by atoms with Crippen LogP contribution in [0.15, 0.2) is 30.3 Å². The van der Waals surface area contributed by atoms with Crippen LogP contribution in [0.2, 0.25) is 0 Å². The van der Waals surface area contributed by atoms with E-state index in [1.165, 1.54) is 29.9 Å². The fraction of sp³-hybridized carbons (Fsp3) is 0.588. The predicted octanol–water partition coefficient (Wildman–Crippen LogP) is 2.79. The summed E-state index contributed by atoms with van der Waals surface area (Å²) in [5, 5.41) is 3.62. The Bertz CT molecular complexity index is 523. The van der Waals surface area contributed by atoms with Crippen LogP contribution in [0.1, 0.15) is 37.4 Å². The van der Waals surface area contributed by atoms with Crippen molar-refractivity contribution in [3.63, 3.8) is 0 Å². The van der Waals surface area contributed by atoms with E-state index in [1.807, 2.05) is 17.8 Å². The lowest BCUT2D eigenvalue weighted by Gasteiger charge is -2.30. The quantitative estimate of drug-likeness (QED) is 0.932. The standard InChI is InChI=1S/C17H22N2OS/c20-16-17(8-9-17)18-15(14-4-2-1-3-5-14)19(16)12-13-6-10-21-11-7-13/h1-5,13,15,18H,6-12H2. The first kappa shape index (κ1) is 13.6. The van der Waals surface area contributed by atoms with E-state index in [1.54, 1.807) is 0 Å². The first-order valence-electron chi connectivity index (χ1n) is 8.00. The summed E-state index contributed by atoms with van der Waals surface area (Å²) >= 11 is 2.05. The van der Waals surface area contributed by atoms with Crippen molar-refractivity contribution in [3.05, 3.63) is 35.9 Å². The van der Waals surface area contributed by atoms with Gasteiger partial charge in [0.1, 0.15) is 11.7 Å². The highest BCUT2D eigenvalue weighted by atomic mass is 32.2. The van der Waals surface area contributed by atoms with Gasteiger partial charge in [0, 0.05) is 6.54 Å². The van der Waals surface area contributed by atoms with Crippen molar-refractivity contribution >= 4 is 17.7 Å². The lowest BCUT2D eigenvalue weighted by Crippen LogP contribution is -2.36. The Kier molecular flexibility index (Phi) is 3.46. The van der Waals surface area contributed by atoms with Gasteiger partial charge in [-0.05, 0) is 48.7 Å². The molecule has 1 spiro atoms. The average molecular weight is 302 g/mol. The van der Waals surface area contributed by atoms with Crippen molar-refractivity contribution in [1.29, 1.82) is 0 Å². The molecule has 0 aromatic heterocycles. The number of nitrogens with one attached hydrogen (secondary N) is 1. The minimum absolute atomic E-state index is 0.0794. The summed E-state index contributed by atoms with van der Waals surface area (Å²) in [6.07, 6.45) is 4.60. The molecule has 1 aromatic carbocycles. The molecule has 2 heterocycles. The smallest absolute Gasteiger partial charge is 0.244 e. The van der Waals surface area contributed by atoms with Crippen molar-refractivity contribution in [1.82, 2.24) is 10.2 Å². The van der Waals surface area contributed by atoms with Crippen molar-refractivity contribution in [2.45, 2.75) is 37.4 Å². The molecule has 21 heavy (non-hydrogen) atoms. The molecule has 3 nitrogen and oxygen atoms in total. The molecule has 1 unspecified atom stereocenters. The molecule has 1 saturated carbocycles. The summed E-state index contributed by atoms with van der Waals surface area (Å²) in [4.78, 5) is 14.9. The number of nitrogens with zero attached hydrogens (tertiary/aromatic N) is 1. The fourth-order valence-corrected chi connectivity index (χ4v) is 4.77. The molecule has 112 valence electrons. The summed E-state index contributed by atoms with van der Waals surface area (Å²) in [6, 6.07) is 10.4. The minimum Gasteiger partial charge on any atom is -0.321 e. The zero-order chi connectivity index (χ0) is 14.3. The zero-order valence-corrected chi connectivity index (χ0v) is 13.1. The molecule has 1 aromatic rings. The number of rotatable bonds is 3. The maximum atomic E-state index is 12.8. The maximum Gasteiger partial charge on any atom is 0.244 e. The molecule has 4 heteroatoms. The van der Waals surface area contributed by atoms with Crippen LogP contribution in [0.4, 0.5) is 0 Å². The highest BCUT2D eigenvalue weighted by Crippen LogP contribution is 2.46. The van der Waals surface area contributed by atoms with Gasteiger partial charge in [-0.1, -0.05) is 30.3 Å². The van der Waals surface area contributed by atoms with Gasteiger partial charge in [0.15, 0.2) is 0 Å². The lowest BCUT2D eigenvalue weighted by molar-refractivity contribution is -0.131. The summed E-state index contributed by atoms with van der Waals surface area (Å²) in [5.41, 5.74) is 1.00. The van der Waals surface area contributed by atoms with Gasteiger partial charge >= 0.3 is 0 Å². The summed E-state index contributed by atoms with van der Waals surface area (Å²) in [7, 11) is 0. The van der Waals surface area contributed by atoms with Gasteiger partial charge in [-0.25, -0.2) is 0 Å². The molecule has 0 radical (unpaired) electrons. The number of thioether (sulfide) groups is 1. The van der Waals surface area contributed by atoms with Crippen molar-refractivity contribution in [2.75, 3.05) is 18.1 Å². The van der Waals surface area contributed by atoms with Crippen LogP contribution >= 0.6 is 11.8 Å². The van der Waals surface area contributed by atoms with Crippen molar-refractivity contribution in [2.24, 2.45) is 5.92 Å². The maximum absolute atomic E-state index is 12.8. The molecular weight excluding hydrogens is 280 g/mol. The number of hydrogen-bond acceptors (Lipinski definition) is 3. The van der Waals surface area contributed by atoms with Gasteiger partial charge in [0.25, 0.3) is 0 Å². The minimum atomic E-state index is -0.218. The average Bonchev–Trinajstić information content (AvgIpc) is 3.27. The van der Waals surface area contributed by atoms with E-state index >= 15 is 0 Å². The molecule has 2 saturated heterocycles. The second-order valence-electron chi connectivity index (χ2n) is 6.55.